The zero-order chi connectivity index (χ0) is 12.3. The normalized spacial score (nSPS) is 17.9. The third kappa shape index (κ3) is 2.90. The third-order valence-electron chi connectivity index (χ3n) is 2.86. The fourth-order valence-electron chi connectivity index (χ4n) is 1.86. The molecule has 5 heteroatoms. The lowest BCUT2D eigenvalue weighted by Gasteiger charge is -2.26. The molecule has 0 spiro atoms. The Kier molecular flexibility index (Phi) is 3.87. The summed E-state index contributed by atoms with van der Waals surface area (Å²) >= 11 is 0. The molecule has 1 heterocycles. The Morgan fingerprint density at radius 3 is 2.76 bits per heavy atom. The highest BCUT2D eigenvalue weighted by Crippen LogP contribution is 2.15. The number of rotatable bonds is 2. The summed E-state index contributed by atoms with van der Waals surface area (Å²) in [7, 11) is -0.718. The van der Waals surface area contributed by atoms with Crippen molar-refractivity contribution in [3.05, 3.63) is 35.1 Å². The fraction of sp³-hybridized carbons (Fsp3) is 0.417. The predicted octanol–water partition coefficient (Wildman–Crippen LogP) is 1.26. The Hall–Kier alpha value is -1.25. The lowest BCUT2D eigenvalue weighted by Crippen LogP contribution is -2.37. The zero-order valence-corrected chi connectivity index (χ0v) is 10.2. The summed E-state index contributed by atoms with van der Waals surface area (Å²) in [6.07, 6.45) is 0. The first-order valence-corrected chi connectivity index (χ1v) is 6.94. The second-order valence-corrected chi connectivity index (χ2v) is 5.71. The molecule has 0 saturated carbocycles. The molecular formula is C12H13FN2OS. The van der Waals surface area contributed by atoms with E-state index in [-0.39, 0.29) is 5.56 Å². The SMILES string of the molecule is N#Cc1cccc(CN2CCS(=O)CC2)c1F. The van der Waals surface area contributed by atoms with E-state index < -0.39 is 16.6 Å². The van der Waals surface area contributed by atoms with Gasteiger partial charge in [-0.15, -0.1) is 0 Å². The second-order valence-electron chi connectivity index (χ2n) is 4.01. The number of nitrogens with zero attached hydrogens (tertiary/aromatic N) is 2. The van der Waals surface area contributed by atoms with Crippen molar-refractivity contribution < 1.29 is 8.60 Å². The van der Waals surface area contributed by atoms with Gasteiger partial charge in [0.25, 0.3) is 0 Å². The molecule has 0 aliphatic carbocycles. The molecule has 1 aliphatic heterocycles. The Morgan fingerprint density at radius 2 is 2.12 bits per heavy atom. The van der Waals surface area contributed by atoms with E-state index in [0.717, 1.165) is 13.1 Å². The van der Waals surface area contributed by atoms with Crippen LogP contribution in [-0.2, 0) is 17.3 Å². The van der Waals surface area contributed by atoms with Crippen molar-refractivity contribution in [2.45, 2.75) is 6.54 Å². The van der Waals surface area contributed by atoms with Gasteiger partial charge in [0.1, 0.15) is 11.9 Å². The van der Waals surface area contributed by atoms with Crippen molar-refractivity contribution in [2.75, 3.05) is 24.6 Å². The minimum Gasteiger partial charge on any atom is -0.297 e. The van der Waals surface area contributed by atoms with E-state index in [9.17, 15) is 8.60 Å². The molecule has 90 valence electrons. The van der Waals surface area contributed by atoms with E-state index in [1.807, 2.05) is 6.07 Å². The van der Waals surface area contributed by atoms with Crippen LogP contribution in [0.4, 0.5) is 4.39 Å². The van der Waals surface area contributed by atoms with E-state index in [2.05, 4.69) is 4.90 Å². The van der Waals surface area contributed by atoms with Crippen LogP contribution in [0.3, 0.4) is 0 Å². The maximum absolute atomic E-state index is 13.8. The molecule has 1 aromatic carbocycles. The number of nitriles is 1. The first-order valence-electron chi connectivity index (χ1n) is 5.45. The van der Waals surface area contributed by atoms with Gasteiger partial charge in [-0.05, 0) is 6.07 Å². The summed E-state index contributed by atoms with van der Waals surface area (Å²) in [5.41, 5.74) is 0.625. The zero-order valence-electron chi connectivity index (χ0n) is 9.36. The maximum atomic E-state index is 13.8. The van der Waals surface area contributed by atoms with Crippen molar-refractivity contribution in [1.82, 2.24) is 4.90 Å². The van der Waals surface area contributed by atoms with Crippen LogP contribution in [0.2, 0.25) is 0 Å². The van der Waals surface area contributed by atoms with Crippen molar-refractivity contribution in [2.24, 2.45) is 0 Å². The fourth-order valence-corrected chi connectivity index (χ4v) is 2.99. The van der Waals surface area contributed by atoms with Gasteiger partial charge < -0.3 is 0 Å². The second kappa shape index (κ2) is 5.39. The molecule has 0 atom stereocenters. The number of hydrogen-bond donors (Lipinski definition) is 0. The molecular weight excluding hydrogens is 239 g/mol. The van der Waals surface area contributed by atoms with Gasteiger partial charge >= 0.3 is 0 Å². The molecule has 3 nitrogen and oxygen atoms in total. The van der Waals surface area contributed by atoms with E-state index >= 15 is 0 Å². The summed E-state index contributed by atoms with van der Waals surface area (Å²) in [6.45, 7) is 1.93. The molecule has 0 bridgehead atoms. The van der Waals surface area contributed by atoms with Crippen LogP contribution >= 0.6 is 0 Å². The highest BCUT2D eigenvalue weighted by molar-refractivity contribution is 7.85. The van der Waals surface area contributed by atoms with Crippen molar-refractivity contribution in [1.29, 1.82) is 5.26 Å². The molecule has 0 aromatic heterocycles. The first kappa shape index (κ1) is 12.2. The minimum absolute atomic E-state index is 0.0862. The molecule has 0 radical (unpaired) electrons. The molecule has 0 N–H and O–H groups in total. The van der Waals surface area contributed by atoms with Crippen molar-refractivity contribution >= 4 is 10.8 Å². The summed E-state index contributed by atoms with van der Waals surface area (Å²) < 4.78 is 25.0. The average molecular weight is 252 g/mol. The summed E-state index contributed by atoms with van der Waals surface area (Å²) in [5, 5.41) is 8.74. The van der Waals surface area contributed by atoms with Gasteiger partial charge in [0.05, 0.1) is 5.56 Å². The Morgan fingerprint density at radius 1 is 1.41 bits per heavy atom. The number of hydrogen-bond acceptors (Lipinski definition) is 3. The standard InChI is InChI=1S/C12H13FN2OS/c13-12-10(8-14)2-1-3-11(12)9-15-4-6-17(16)7-5-15/h1-3H,4-7,9H2. The summed E-state index contributed by atoms with van der Waals surface area (Å²) in [6, 6.07) is 6.70. The molecule has 1 fully saturated rings. The Balaban J connectivity index is 2.09. The van der Waals surface area contributed by atoms with Crippen LogP contribution in [0, 0.1) is 17.1 Å². The van der Waals surface area contributed by atoms with Gasteiger partial charge in [-0.2, -0.15) is 5.26 Å². The molecule has 0 amide bonds. The van der Waals surface area contributed by atoms with E-state index in [4.69, 9.17) is 5.26 Å². The van der Waals surface area contributed by atoms with Crippen LogP contribution in [0.25, 0.3) is 0 Å². The van der Waals surface area contributed by atoms with E-state index in [1.54, 1.807) is 12.1 Å². The lowest BCUT2D eigenvalue weighted by atomic mass is 10.1. The highest BCUT2D eigenvalue weighted by Gasteiger charge is 2.17. The maximum Gasteiger partial charge on any atom is 0.145 e. The number of halogens is 1. The molecule has 1 aliphatic rings. The molecule has 2 rings (SSSR count). The van der Waals surface area contributed by atoms with E-state index in [1.165, 1.54) is 6.07 Å². The lowest BCUT2D eigenvalue weighted by molar-refractivity contribution is 0.287. The molecule has 0 unspecified atom stereocenters. The quantitative estimate of drug-likeness (QED) is 0.796. The largest absolute Gasteiger partial charge is 0.297 e. The summed E-state index contributed by atoms with van der Waals surface area (Å²) in [5.74, 6) is 0.876. The van der Waals surface area contributed by atoms with Crippen LogP contribution in [0.15, 0.2) is 18.2 Å². The van der Waals surface area contributed by atoms with Crippen molar-refractivity contribution in [3.63, 3.8) is 0 Å². The molecule has 1 saturated heterocycles. The topological polar surface area (TPSA) is 44.1 Å². The van der Waals surface area contributed by atoms with E-state index in [0.29, 0.717) is 23.6 Å². The third-order valence-corrected chi connectivity index (χ3v) is 4.14. The van der Waals surface area contributed by atoms with Crippen molar-refractivity contribution in [3.8, 4) is 6.07 Å². The predicted molar refractivity (Wildman–Crippen MR) is 64.3 cm³/mol. The van der Waals surface area contributed by atoms with Gasteiger partial charge in [0.2, 0.25) is 0 Å². The summed E-state index contributed by atoms with van der Waals surface area (Å²) in [4.78, 5) is 2.07. The van der Waals surface area contributed by atoms with Gasteiger partial charge in [0.15, 0.2) is 0 Å². The van der Waals surface area contributed by atoms with Crippen LogP contribution < -0.4 is 0 Å². The molecule has 1 aromatic rings. The van der Waals surface area contributed by atoms with Crippen LogP contribution in [-0.4, -0.2) is 33.7 Å². The van der Waals surface area contributed by atoms with Gasteiger partial charge in [0, 0.05) is 47.5 Å². The Labute approximate surface area is 102 Å². The minimum atomic E-state index is -0.718. The Bertz CT molecular complexity index is 474. The smallest absolute Gasteiger partial charge is 0.145 e. The van der Waals surface area contributed by atoms with Gasteiger partial charge in [-0.3, -0.25) is 9.11 Å². The van der Waals surface area contributed by atoms with Crippen LogP contribution in [0.1, 0.15) is 11.1 Å². The number of benzene rings is 1. The first-order chi connectivity index (χ1) is 8.20. The van der Waals surface area contributed by atoms with Crippen LogP contribution in [0.5, 0.6) is 0 Å². The monoisotopic (exact) mass is 252 g/mol. The molecule has 17 heavy (non-hydrogen) atoms. The average Bonchev–Trinajstić information content (AvgIpc) is 2.35. The van der Waals surface area contributed by atoms with Gasteiger partial charge in [-0.25, -0.2) is 4.39 Å². The van der Waals surface area contributed by atoms with Gasteiger partial charge in [-0.1, -0.05) is 12.1 Å². The highest BCUT2D eigenvalue weighted by atomic mass is 32.2.